The number of hydrogen-bond acceptors (Lipinski definition) is 4. The van der Waals surface area contributed by atoms with E-state index in [0.717, 1.165) is 74.1 Å². The molecule has 4 heteroatoms. The van der Waals surface area contributed by atoms with E-state index in [0.29, 0.717) is 5.82 Å². The van der Waals surface area contributed by atoms with E-state index in [2.05, 4.69) is 140 Å². The van der Waals surface area contributed by atoms with Gasteiger partial charge in [0.15, 0.2) is 5.82 Å². The zero-order valence-electron chi connectivity index (χ0n) is 25.7. The second-order valence-electron chi connectivity index (χ2n) is 12.1. The van der Waals surface area contributed by atoms with Crippen LogP contribution in [0.4, 0.5) is 5.69 Å². The van der Waals surface area contributed by atoms with Crippen LogP contribution in [-0.4, -0.2) is 20.7 Å². The molecule has 3 heterocycles. The molecule has 7 aromatic rings. The monoisotopic (exact) mass is 602 g/mol. The quantitative estimate of drug-likeness (QED) is 0.201. The van der Waals surface area contributed by atoms with Crippen LogP contribution in [0, 0.1) is 0 Å². The van der Waals surface area contributed by atoms with Crippen LogP contribution in [0.1, 0.15) is 24.3 Å². The van der Waals surface area contributed by atoms with Gasteiger partial charge in [-0.2, -0.15) is 0 Å². The van der Waals surface area contributed by atoms with Crippen molar-refractivity contribution in [3.63, 3.8) is 0 Å². The summed E-state index contributed by atoms with van der Waals surface area (Å²) in [5.74, 6) is 0.910. The minimum atomic E-state index is 0.201. The predicted molar refractivity (Wildman–Crippen MR) is 194 cm³/mol. The molecule has 47 heavy (non-hydrogen) atoms. The molecule has 0 amide bonds. The number of pyridine rings is 1. The minimum absolute atomic E-state index is 0.201. The Morgan fingerprint density at radius 1 is 0.511 bits per heavy atom. The van der Waals surface area contributed by atoms with Gasteiger partial charge in [0.05, 0.1) is 28.1 Å². The molecular weight excluding hydrogens is 573 g/mol. The van der Waals surface area contributed by atoms with Gasteiger partial charge in [0.25, 0.3) is 0 Å². The van der Waals surface area contributed by atoms with Crippen LogP contribution < -0.4 is 0 Å². The van der Waals surface area contributed by atoms with E-state index < -0.39 is 0 Å². The molecule has 4 nitrogen and oxygen atoms in total. The molecule has 2 aliphatic rings. The highest BCUT2D eigenvalue weighted by Crippen LogP contribution is 2.48. The number of hydrogen-bond donors (Lipinski definition) is 0. The standard InChI is InChI=1S/C43H30N4/c1-2-7-20-36-33(17-6-1)39-41(44-37-21-10-9-19-35(37)42(39)45-36)32-16-12-15-31(27-32)40-34-18-8-11-22-38(34)46-43(47-40)30-25-23-29(24-26-30)28-13-4-3-5-14-28/h1-5,7-16,18-27,33H,6,17H2/b2-1-,20-7-. The summed E-state index contributed by atoms with van der Waals surface area (Å²) in [5, 5.41) is 2.13. The lowest BCUT2D eigenvalue weighted by molar-refractivity contribution is 0.795. The largest absolute Gasteiger partial charge is 0.252 e. The Bertz CT molecular complexity index is 2400. The van der Waals surface area contributed by atoms with Crippen LogP contribution in [0.15, 0.2) is 157 Å². The van der Waals surface area contributed by atoms with Crippen molar-refractivity contribution >= 4 is 33.2 Å². The topological polar surface area (TPSA) is 51.0 Å². The molecule has 0 saturated carbocycles. The first kappa shape index (κ1) is 27.3. The second-order valence-corrected chi connectivity index (χ2v) is 12.1. The van der Waals surface area contributed by atoms with Crippen molar-refractivity contribution in [2.45, 2.75) is 18.8 Å². The third-order valence-corrected chi connectivity index (χ3v) is 9.25. The Labute approximate surface area is 273 Å². The summed E-state index contributed by atoms with van der Waals surface area (Å²) in [7, 11) is 0. The Hall–Kier alpha value is -6.00. The lowest BCUT2D eigenvalue weighted by Gasteiger charge is -2.18. The first-order valence-electron chi connectivity index (χ1n) is 16.2. The van der Waals surface area contributed by atoms with E-state index >= 15 is 0 Å². The zero-order valence-corrected chi connectivity index (χ0v) is 25.7. The number of rotatable bonds is 4. The summed E-state index contributed by atoms with van der Waals surface area (Å²) in [6.07, 6.45) is 10.6. The fourth-order valence-electron chi connectivity index (χ4n) is 6.95. The number of fused-ring (bicyclic) bond motifs is 6. The number of benzene rings is 5. The highest BCUT2D eigenvalue weighted by atomic mass is 14.9. The SMILES string of the molecule is C1=C\CCC2C(=Nc3c2c(-c2cccc(-c4nc(-c5ccc(-c6ccccc6)cc5)nc5ccccc45)c2)nc2ccccc32)\C=C/1. The van der Waals surface area contributed by atoms with Gasteiger partial charge >= 0.3 is 0 Å². The van der Waals surface area contributed by atoms with Crippen molar-refractivity contribution in [2.75, 3.05) is 0 Å². The van der Waals surface area contributed by atoms with E-state index in [9.17, 15) is 0 Å². The number of para-hydroxylation sites is 2. The van der Waals surface area contributed by atoms with Gasteiger partial charge in [-0.15, -0.1) is 0 Å². The van der Waals surface area contributed by atoms with Crippen LogP contribution in [-0.2, 0) is 0 Å². The highest BCUT2D eigenvalue weighted by molar-refractivity contribution is 6.12. The lowest BCUT2D eigenvalue weighted by Crippen LogP contribution is -2.08. The Balaban J connectivity index is 1.18. The van der Waals surface area contributed by atoms with E-state index in [1.54, 1.807) is 0 Å². The van der Waals surface area contributed by atoms with Crippen molar-refractivity contribution in [3.8, 4) is 45.0 Å². The van der Waals surface area contributed by atoms with Gasteiger partial charge in [-0.05, 0) is 48.2 Å². The molecule has 0 fully saturated rings. The van der Waals surface area contributed by atoms with Crippen molar-refractivity contribution in [3.05, 3.63) is 157 Å². The van der Waals surface area contributed by atoms with Gasteiger partial charge in [0.1, 0.15) is 0 Å². The highest BCUT2D eigenvalue weighted by Gasteiger charge is 2.31. The first-order valence-corrected chi connectivity index (χ1v) is 16.2. The van der Waals surface area contributed by atoms with Crippen LogP contribution in [0.3, 0.4) is 0 Å². The number of allylic oxidation sites excluding steroid dienone is 4. The summed E-state index contributed by atoms with van der Waals surface area (Å²) < 4.78 is 0. The summed E-state index contributed by atoms with van der Waals surface area (Å²) in [5.41, 5.74) is 12.6. The molecule has 0 saturated heterocycles. The van der Waals surface area contributed by atoms with E-state index in [1.807, 2.05) is 12.1 Å². The van der Waals surface area contributed by atoms with Gasteiger partial charge in [-0.25, -0.2) is 15.0 Å². The van der Waals surface area contributed by atoms with Gasteiger partial charge < -0.3 is 0 Å². The van der Waals surface area contributed by atoms with Gasteiger partial charge in [0.2, 0.25) is 0 Å². The summed E-state index contributed by atoms with van der Waals surface area (Å²) in [6, 6.07) is 44.3. The molecule has 1 aliphatic heterocycles. The average Bonchev–Trinajstić information content (AvgIpc) is 3.48. The van der Waals surface area contributed by atoms with Crippen molar-refractivity contribution in [2.24, 2.45) is 4.99 Å². The Kier molecular flexibility index (Phi) is 6.64. The second kappa shape index (κ2) is 11.4. The van der Waals surface area contributed by atoms with Crippen molar-refractivity contribution < 1.29 is 0 Å². The lowest BCUT2D eigenvalue weighted by atomic mass is 9.86. The number of nitrogens with zero attached hydrogens (tertiary/aromatic N) is 4. The molecule has 5 aromatic carbocycles. The molecule has 9 rings (SSSR count). The van der Waals surface area contributed by atoms with Gasteiger partial charge in [-0.1, -0.05) is 127 Å². The fraction of sp³-hybridized carbons (Fsp3) is 0.0698. The Morgan fingerprint density at radius 2 is 1.17 bits per heavy atom. The van der Waals surface area contributed by atoms with E-state index in [-0.39, 0.29) is 5.92 Å². The van der Waals surface area contributed by atoms with E-state index in [1.165, 1.54) is 16.7 Å². The zero-order chi connectivity index (χ0) is 31.2. The van der Waals surface area contributed by atoms with Crippen LogP contribution >= 0.6 is 0 Å². The molecular formula is C43H30N4. The normalized spacial score (nSPS) is 16.6. The van der Waals surface area contributed by atoms with Crippen molar-refractivity contribution in [1.82, 2.24) is 15.0 Å². The molecule has 0 radical (unpaired) electrons. The van der Waals surface area contributed by atoms with Crippen LogP contribution in [0.2, 0.25) is 0 Å². The maximum atomic E-state index is 5.31. The summed E-state index contributed by atoms with van der Waals surface area (Å²) in [6.45, 7) is 0. The van der Waals surface area contributed by atoms with Crippen LogP contribution in [0.25, 0.3) is 66.8 Å². The maximum Gasteiger partial charge on any atom is 0.160 e. The summed E-state index contributed by atoms with van der Waals surface area (Å²) >= 11 is 0. The molecule has 0 N–H and O–H groups in total. The smallest absolute Gasteiger partial charge is 0.160 e. The average molecular weight is 603 g/mol. The molecule has 0 spiro atoms. The molecule has 2 aromatic heterocycles. The van der Waals surface area contributed by atoms with Gasteiger partial charge in [0, 0.05) is 44.7 Å². The number of aromatic nitrogens is 3. The fourth-order valence-corrected chi connectivity index (χ4v) is 6.95. The molecule has 0 bridgehead atoms. The predicted octanol–water partition coefficient (Wildman–Crippen LogP) is 10.9. The van der Waals surface area contributed by atoms with Crippen LogP contribution in [0.5, 0.6) is 0 Å². The molecule has 1 unspecified atom stereocenters. The molecule has 1 atom stereocenters. The molecule has 222 valence electrons. The Morgan fingerprint density at radius 3 is 2.00 bits per heavy atom. The number of aliphatic imine (C=N–C) groups is 1. The van der Waals surface area contributed by atoms with E-state index in [4.69, 9.17) is 19.9 Å². The maximum absolute atomic E-state index is 5.31. The van der Waals surface area contributed by atoms with Gasteiger partial charge in [-0.3, -0.25) is 4.99 Å². The van der Waals surface area contributed by atoms with Crippen molar-refractivity contribution in [1.29, 1.82) is 0 Å². The third-order valence-electron chi connectivity index (χ3n) is 9.25. The third kappa shape index (κ3) is 4.86. The molecule has 1 aliphatic carbocycles. The first-order chi connectivity index (χ1) is 23.3. The minimum Gasteiger partial charge on any atom is -0.252 e. The summed E-state index contributed by atoms with van der Waals surface area (Å²) in [4.78, 5) is 20.8.